The Hall–Kier alpha value is -2.18. The average Bonchev–Trinajstić information content (AvgIpc) is 2.37. The van der Waals surface area contributed by atoms with Crippen molar-refractivity contribution >= 4 is 11.9 Å². The largest absolute Gasteiger partial charge is 0.481 e. The van der Waals surface area contributed by atoms with Gasteiger partial charge in [-0.3, -0.25) is 9.59 Å². The zero-order chi connectivity index (χ0) is 16.0. The lowest BCUT2D eigenvalue weighted by atomic mass is 9.90. The zero-order valence-electron chi connectivity index (χ0n) is 11.8. The number of aliphatic carboxylic acids is 1. The fraction of sp³-hybridized carbons (Fsp3) is 0.429. The predicted octanol–water partition coefficient (Wildman–Crippen LogP) is 1.96. The average molecular weight is 301 g/mol. The molecule has 0 fully saturated rings. The molecule has 0 aliphatic heterocycles. The number of halogens is 2. The van der Waals surface area contributed by atoms with Crippen LogP contribution in [0.15, 0.2) is 18.2 Å². The van der Waals surface area contributed by atoms with E-state index in [1.54, 1.807) is 13.8 Å². The highest BCUT2D eigenvalue weighted by molar-refractivity contribution is 5.77. The van der Waals surface area contributed by atoms with Gasteiger partial charge in [-0.05, 0) is 32.4 Å². The fourth-order valence-electron chi connectivity index (χ4n) is 1.41. The second-order valence-electron chi connectivity index (χ2n) is 5.15. The van der Waals surface area contributed by atoms with Gasteiger partial charge >= 0.3 is 5.97 Å². The molecule has 0 aliphatic carbocycles. The van der Waals surface area contributed by atoms with E-state index in [1.165, 1.54) is 0 Å². The molecule has 5 nitrogen and oxygen atoms in total. The topological polar surface area (TPSA) is 75.6 Å². The van der Waals surface area contributed by atoms with Gasteiger partial charge in [0, 0.05) is 12.6 Å². The molecule has 0 saturated carbocycles. The lowest BCUT2D eigenvalue weighted by Gasteiger charge is -2.18. The predicted molar refractivity (Wildman–Crippen MR) is 70.9 cm³/mol. The Morgan fingerprint density at radius 1 is 1.33 bits per heavy atom. The third-order valence-corrected chi connectivity index (χ3v) is 2.90. The third-order valence-electron chi connectivity index (χ3n) is 2.90. The van der Waals surface area contributed by atoms with Crippen LogP contribution in [0, 0.1) is 17.0 Å². The number of benzene rings is 1. The molecule has 0 heterocycles. The van der Waals surface area contributed by atoms with E-state index in [2.05, 4.69) is 5.32 Å². The van der Waals surface area contributed by atoms with Gasteiger partial charge in [0.25, 0.3) is 5.91 Å². The molecule has 0 atom stereocenters. The summed E-state index contributed by atoms with van der Waals surface area (Å²) in [5.74, 6) is -3.33. The van der Waals surface area contributed by atoms with Gasteiger partial charge in [0.05, 0.1) is 5.41 Å². The number of hydrogen-bond donors (Lipinski definition) is 2. The molecular weight excluding hydrogens is 284 g/mol. The molecule has 0 aliphatic rings. The first-order chi connectivity index (χ1) is 9.72. The highest BCUT2D eigenvalue weighted by Gasteiger charge is 2.26. The monoisotopic (exact) mass is 301 g/mol. The van der Waals surface area contributed by atoms with E-state index in [0.29, 0.717) is 6.07 Å². The summed E-state index contributed by atoms with van der Waals surface area (Å²) in [6.45, 7) is 2.82. The number of ether oxygens (including phenoxy) is 1. The summed E-state index contributed by atoms with van der Waals surface area (Å²) in [7, 11) is 0. The maximum Gasteiger partial charge on any atom is 0.309 e. The highest BCUT2D eigenvalue weighted by Crippen LogP contribution is 2.19. The van der Waals surface area contributed by atoms with E-state index >= 15 is 0 Å². The lowest BCUT2D eigenvalue weighted by molar-refractivity contribution is -0.147. The molecule has 1 rings (SSSR count). The van der Waals surface area contributed by atoms with E-state index < -0.39 is 35.5 Å². The van der Waals surface area contributed by atoms with E-state index in [-0.39, 0.29) is 18.7 Å². The number of nitrogens with one attached hydrogen (secondary N) is 1. The normalized spacial score (nSPS) is 11.0. The van der Waals surface area contributed by atoms with Crippen LogP contribution in [0.5, 0.6) is 5.75 Å². The Morgan fingerprint density at radius 3 is 2.57 bits per heavy atom. The number of hydrogen-bond acceptors (Lipinski definition) is 3. The van der Waals surface area contributed by atoms with Crippen LogP contribution in [-0.4, -0.2) is 30.1 Å². The number of amides is 1. The van der Waals surface area contributed by atoms with Crippen LogP contribution in [-0.2, 0) is 9.59 Å². The van der Waals surface area contributed by atoms with Crippen LogP contribution in [0.4, 0.5) is 8.78 Å². The zero-order valence-corrected chi connectivity index (χ0v) is 11.8. The molecule has 1 amide bonds. The van der Waals surface area contributed by atoms with Crippen LogP contribution in [0.25, 0.3) is 0 Å². The molecule has 1 aromatic rings. The van der Waals surface area contributed by atoms with Crippen molar-refractivity contribution in [2.24, 2.45) is 5.41 Å². The number of carboxylic acid groups (broad SMARTS) is 1. The molecule has 0 saturated heterocycles. The molecule has 0 aromatic heterocycles. The van der Waals surface area contributed by atoms with E-state index in [4.69, 9.17) is 9.84 Å². The quantitative estimate of drug-likeness (QED) is 0.807. The van der Waals surface area contributed by atoms with Crippen molar-refractivity contribution in [2.45, 2.75) is 20.3 Å². The molecule has 1 aromatic carbocycles. The molecular formula is C14H17F2NO4. The fourth-order valence-corrected chi connectivity index (χ4v) is 1.41. The first-order valence-electron chi connectivity index (χ1n) is 6.30. The van der Waals surface area contributed by atoms with Gasteiger partial charge in [0.1, 0.15) is 5.82 Å². The summed E-state index contributed by atoms with van der Waals surface area (Å²) in [5.41, 5.74) is -0.947. The minimum Gasteiger partial charge on any atom is -0.481 e. The van der Waals surface area contributed by atoms with E-state index in [9.17, 15) is 18.4 Å². The Morgan fingerprint density at radius 2 is 2.00 bits per heavy atom. The molecule has 0 spiro atoms. The SMILES string of the molecule is CC(C)(CCNC(=O)COc1ccc(F)cc1F)C(=O)O. The molecule has 7 heteroatoms. The van der Waals surface area contributed by atoms with Crippen LogP contribution < -0.4 is 10.1 Å². The summed E-state index contributed by atoms with van der Waals surface area (Å²) in [5, 5.41) is 11.4. The van der Waals surface area contributed by atoms with Gasteiger partial charge in [-0.2, -0.15) is 0 Å². The van der Waals surface area contributed by atoms with Crippen LogP contribution >= 0.6 is 0 Å². The van der Waals surface area contributed by atoms with Gasteiger partial charge < -0.3 is 15.2 Å². The molecule has 0 bridgehead atoms. The number of carboxylic acids is 1. The minimum absolute atomic E-state index is 0.160. The van der Waals surface area contributed by atoms with Crippen molar-refractivity contribution in [3.8, 4) is 5.75 Å². The lowest BCUT2D eigenvalue weighted by Crippen LogP contribution is -2.34. The third kappa shape index (κ3) is 5.37. The maximum absolute atomic E-state index is 13.2. The van der Waals surface area contributed by atoms with Crippen LogP contribution in [0.1, 0.15) is 20.3 Å². The Bertz CT molecular complexity index is 532. The van der Waals surface area contributed by atoms with Crippen molar-refractivity contribution in [2.75, 3.05) is 13.2 Å². The number of rotatable bonds is 7. The summed E-state index contributed by atoms with van der Waals surface area (Å²) in [6, 6.07) is 2.76. The minimum atomic E-state index is -0.957. The summed E-state index contributed by atoms with van der Waals surface area (Å²) < 4.78 is 30.8. The summed E-state index contributed by atoms with van der Waals surface area (Å²) in [6.07, 6.45) is 0.249. The Labute approximate surface area is 120 Å². The smallest absolute Gasteiger partial charge is 0.309 e. The van der Waals surface area contributed by atoms with Crippen molar-refractivity contribution < 1.29 is 28.2 Å². The molecule has 116 valence electrons. The highest BCUT2D eigenvalue weighted by atomic mass is 19.1. The second-order valence-corrected chi connectivity index (χ2v) is 5.15. The first kappa shape index (κ1) is 16.9. The Kier molecular flexibility index (Phi) is 5.63. The number of carbonyl (C=O) groups excluding carboxylic acids is 1. The van der Waals surface area contributed by atoms with E-state index in [1.807, 2.05) is 0 Å². The standard InChI is InChI=1S/C14H17F2NO4/c1-14(2,13(19)20)5-6-17-12(18)8-21-11-4-3-9(15)7-10(11)16/h3-4,7H,5-6,8H2,1-2H3,(H,17,18)(H,19,20). The van der Waals surface area contributed by atoms with Gasteiger partial charge in [-0.25, -0.2) is 8.78 Å². The number of carbonyl (C=O) groups is 2. The van der Waals surface area contributed by atoms with Crippen molar-refractivity contribution in [3.63, 3.8) is 0 Å². The Balaban J connectivity index is 2.36. The maximum atomic E-state index is 13.2. The van der Waals surface area contributed by atoms with Crippen molar-refractivity contribution in [1.29, 1.82) is 0 Å². The molecule has 21 heavy (non-hydrogen) atoms. The van der Waals surface area contributed by atoms with Crippen LogP contribution in [0.3, 0.4) is 0 Å². The molecule has 0 radical (unpaired) electrons. The first-order valence-corrected chi connectivity index (χ1v) is 6.30. The van der Waals surface area contributed by atoms with Crippen LogP contribution in [0.2, 0.25) is 0 Å². The molecule has 0 unspecified atom stereocenters. The van der Waals surface area contributed by atoms with E-state index in [0.717, 1.165) is 12.1 Å². The summed E-state index contributed by atoms with van der Waals surface area (Å²) in [4.78, 5) is 22.3. The van der Waals surface area contributed by atoms with Crippen molar-refractivity contribution in [1.82, 2.24) is 5.32 Å². The van der Waals surface area contributed by atoms with Gasteiger partial charge in [0.15, 0.2) is 18.2 Å². The van der Waals surface area contributed by atoms with Gasteiger partial charge in [-0.15, -0.1) is 0 Å². The molecule has 2 N–H and O–H groups in total. The van der Waals surface area contributed by atoms with Gasteiger partial charge in [0.2, 0.25) is 0 Å². The van der Waals surface area contributed by atoms with Gasteiger partial charge in [-0.1, -0.05) is 0 Å². The second kappa shape index (κ2) is 7.01. The van der Waals surface area contributed by atoms with Crippen molar-refractivity contribution in [3.05, 3.63) is 29.8 Å². The summed E-state index contributed by atoms with van der Waals surface area (Å²) >= 11 is 0.